The van der Waals surface area contributed by atoms with Gasteiger partial charge in [-0.15, -0.1) is 0 Å². The molecule has 1 unspecified atom stereocenters. The van der Waals surface area contributed by atoms with Crippen molar-refractivity contribution in [3.63, 3.8) is 0 Å². The third-order valence-electron chi connectivity index (χ3n) is 2.78. The molecule has 0 saturated carbocycles. The Bertz CT molecular complexity index is 625. The van der Waals surface area contributed by atoms with E-state index in [0.717, 1.165) is 29.6 Å². The Balaban J connectivity index is 2.52. The quantitative estimate of drug-likeness (QED) is 0.354. The molecule has 0 fully saturated rings. The maximum Gasteiger partial charge on any atom is 0.0670 e. The second kappa shape index (κ2) is 6.61. The summed E-state index contributed by atoms with van der Waals surface area (Å²) < 4.78 is 3.16. The van der Waals surface area contributed by atoms with E-state index in [0.29, 0.717) is 0 Å². The molecule has 19 heavy (non-hydrogen) atoms. The van der Waals surface area contributed by atoms with E-state index < -0.39 is 0 Å². The molecule has 0 spiro atoms. The molecule has 0 aliphatic carbocycles. The van der Waals surface area contributed by atoms with Gasteiger partial charge in [0, 0.05) is 18.4 Å². The molecular weight excluding hydrogens is 523 g/mol. The lowest BCUT2D eigenvalue weighted by Gasteiger charge is -2.16. The zero-order valence-corrected chi connectivity index (χ0v) is 17.0. The van der Waals surface area contributed by atoms with E-state index in [-0.39, 0.29) is 4.83 Å². The fraction of sp³-hybridized carbons (Fsp3) is 0.143. The van der Waals surface area contributed by atoms with Crippen molar-refractivity contribution < 1.29 is 0 Å². The summed E-state index contributed by atoms with van der Waals surface area (Å²) in [6.45, 7) is 2.06. The molecule has 0 nitrogen and oxygen atoms in total. The Morgan fingerprint density at radius 3 is 2.32 bits per heavy atom. The first-order chi connectivity index (χ1) is 8.90. The van der Waals surface area contributed by atoms with E-state index in [4.69, 9.17) is 11.6 Å². The SMILES string of the molecule is Cc1cc(Br)c(C(Br)c2cc(Br)ccc2Cl)cc1Br. The molecule has 100 valence electrons. The molecule has 0 amide bonds. The van der Waals surface area contributed by atoms with Gasteiger partial charge in [-0.05, 0) is 53.9 Å². The van der Waals surface area contributed by atoms with Gasteiger partial charge < -0.3 is 0 Å². The van der Waals surface area contributed by atoms with Crippen LogP contribution in [-0.2, 0) is 0 Å². The summed E-state index contributed by atoms with van der Waals surface area (Å²) in [7, 11) is 0. The lowest BCUT2D eigenvalue weighted by Crippen LogP contribution is -1.96. The fourth-order valence-corrected chi connectivity index (χ4v) is 4.58. The standard InChI is InChI=1S/C14H9Br4Cl/c1-7-4-12(17)9(6-11(7)16)14(18)10-5-8(15)2-3-13(10)19/h2-6,14H,1H3. The van der Waals surface area contributed by atoms with Crippen LogP contribution < -0.4 is 0 Å². The largest absolute Gasteiger partial charge is 0.0840 e. The minimum atomic E-state index is 0.0313. The van der Waals surface area contributed by atoms with Crippen molar-refractivity contribution in [2.24, 2.45) is 0 Å². The van der Waals surface area contributed by atoms with Crippen molar-refractivity contribution in [3.05, 3.63) is 65.5 Å². The summed E-state index contributed by atoms with van der Waals surface area (Å²) in [5.41, 5.74) is 3.36. The van der Waals surface area contributed by atoms with Gasteiger partial charge in [-0.25, -0.2) is 0 Å². The molecule has 0 aliphatic rings. The fourth-order valence-electron chi connectivity index (χ4n) is 1.73. The molecule has 2 rings (SSSR count). The van der Waals surface area contributed by atoms with Gasteiger partial charge in [-0.1, -0.05) is 75.3 Å². The third kappa shape index (κ3) is 3.65. The van der Waals surface area contributed by atoms with E-state index in [1.54, 1.807) is 0 Å². The van der Waals surface area contributed by atoms with Crippen LogP contribution in [0.1, 0.15) is 21.5 Å². The van der Waals surface area contributed by atoms with Gasteiger partial charge in [0.1, 0.15) is 0 Å². The molecule has 2 aromatic rings. The van der Waals surface area contributed by atoms with Crippen LogP contribution in [0.5, 0.6) is 0 Å². The van der Waals surface area contributed by atoms with Gasteiger partial charge in [-0.3, -0.25) is 0 Å². The first kappa shape index (κ1) is 16.0. The Kier molecular flexibility index (Phi) is 5.58. The second-order valence-corrected chi connectivity index (χ2v) is 8.10. The Morgan fingerprint density at radius 2 is 1.63 bits per heavy atom. The molecule has 0 bridgehead atoms. The lowest BCUT2D eigenvalue weighted by atomic mass is 10.0. The van der Waals surface area contributed by atoms with Crippen molar-refractivity contribution in [2.45, 2.75) is 11.8 Å². The van der Waals surface area contributed by atoms with Crippen LogP contribution >= 0.6 is 75.3 Å². The highest BCUT2D eigenvalue weighted by atomic mass is 79.9. The van der Waals surface area contributed by atoms with Crippen LogP contribution in [0.3, 0.4) is 0 Å². The summed E-state index contributed by atoms with van der Waals surface area (Å²) in [5, 5.41) is 0.744. The Morgan fingerprint density at radius 1 is 0.947 bits per heavy atom. The van der Waals surface area contributed by atoms with Gasteiger partial charge in [-0.2, -0.15) is 0 Å². The summed E-state index contributed by atoms with van der Waals surface area (Å²) in [6.07, 6.45) is 0. The lowest BCUT2D eigenvalue weighted by molar-refractivity contribution is 1.15. The zero-order chi connectivity index (χ0) is 14.2. The molecular formula is C14H9Br4Cl. The first-order valence-electron chi connectivity index (χ1n) is 5.44. The predicted octanol–water partition coefficient (Wildman–Crippen LogP) is 7.42. The van der Waals surface area contributed by atoms with Crippen molar-refractivity contribution in [3.8, 4) is 0 Å². The molecule has 5 heteroatoms. The van der Waals surface area contributed by atoms with Gasteiger partial charge in [0.25, 0.3) is 0 Å². The second-order valence-electron chi connectivity index (χ2n) is 4.15. The van der Waals surface area contributed by atoms with E-state index >= 15 is 0 Å². The average molecular weight is 532 g/mol. The first-order valence-corrected chi connectivity index (χ1v) is 9.12. The average Bonchev–Trinajstić information content (AvgIpc) is 2.36. The topological polar surface area (TPSA) is 0 Å². The smallest absolute Gasteiger partial charge is 0.0670 e. The van der Waals surface area contributed by atoms with Crippen molar-refractivity contribution >= 4 is 75.3 Å². The van der Waals surface area contributed by atoms with E-state index in [2.05, 4.69) is 82.8 Å². The maximum atomic E-state index is 6.29. The zero-order valence-electron chi connectivity index (χ0n) is 9.85. The van der Waals surface area contributed by atoms with E-state index in [1.165, 1.54) is 5.56 Å². The van der Waals surface area contributed by atoms with Crippen molar-refractivity contribution in [1.82, 2.24) is 0 Å². The summed E-state index contributed by atoms with van der Waals surface area (Å²) in [6, 6.07) is 10.1. The van der Waals surface area contributed by atoms with Crippen molar-refractivity contribution in [2.75, 3.05) is 0 Å². The third-order valence-corrected chi connectivity index (χ3v) is 6.15. The van der Waals surface area contributed by atoms with Crippen LogP contribution in [0.4, 0.5) is 0 Å². The van der Waals surface area contributed by atoms with Crippen molar-refractivity contribution in [1.29, 1.82) is 0 Å². The molecule has 1 atom stereocenters. The minimum absolute atomic E-state index is 0.0313. The predicted molar refractivity (Wildman–Crippen MR) is 96.5 cm³/mol. The van der Waals surface area contributed by atoms with Gasteiger partial charge in [0.15, 0.2) is 0 Å². The normalized spacial score (nSPS) is 12.5. The number of hydrogen-bond acceptors (Lipinski definition) is 0. The maximum absolute atomic E-state index is 6.29. The van der Waals surface area contributed by atoms with E-state index in [1.807, 2.05) is 18.2 Å². The Labute approximate surface area is 151 Å². The van der Waals surface area contributed by atoms with Crippen LogP contribution in [0.2, 0.25) is 5.02 Å². The number of rotatable bonds is 2. The minimum Gasteiger partial charge on any atom is -0.0840 e. The van der Waals surface area contributed by atoms with Crippen LogP contribution in [0, 0.1) is 6.92 Å². The molecule has 0 heterocycles. The monoisotopic (exact) mass is 528 g/mol. The molecule has 2 aromatic carbocycles. The van der Waals surface area contributed by atoms with Crippen LogP contribution in [0.15, 0.2) is 43.7 Å². The van der Waals surface area contributed by atoms with Gasteiger partial charge in [0.05, 0.1) is 4.83 Å². The summed E-state index contributed by atoms with van der Waals surface area (Å²) in [5.74, 6) is 0. The molecule has 0 saturated heterocycles. The highest BCUT2D eigenvalue weighted by Crippen LogP contribution is 2.41. The number of alkyl halides is 1. The number of hydrogen-bond donors (Lipinski definition) is 0. The number of benzene rings is 2. The highest BCUT2D eigenvalue weighted by molar-refractivity contribution is 9.11. The van der Waals surface area contributed by atoms with Gasteiger partial charge in [0.2, 0.25) is 0 Å². The summed E-state index contributed by atoms with van der Waals surface area (Å²) in [4.78, 5) is 0.0313. The molecule has 0 radical (unpaired) electrons. The van der Waals surface area contributed by atoms with Crippen LogP contribution in [-0.4, -0.2) is 0 Å². The molecule has 0 N–H and O–H groups in total. The van der Waals surface area contributed by atoms with Gasteiger partial charge >= 0.3 is 0 Å². The summed E-state index contributed by atoms with van der Waals surface area (Å²) >= 11 is 20.7. The molecule has 0 aliphatic heterocycles. The highest BCUT2D eigenvalue weighted by Gasteiger charge is 2.18. The molecule has 0 aromatic heterocycles. The van der Waals surface area contributed by atoms with Crippen LogP contribution in [0.25, 0.3) is 0 Å². The number of aryl methyl sites for hydroxylation is 1. The van der Waals surface area contributed by atoms with E-state index in [9.17, 15) is 0 Å². The number of halogens is 5. The Hall–Kier alpha value is 0.650.